The van der Waals surface area contributed by atoms with Gasteiger partial charge in [0.15, 0.2) is 5.13 Å². The number of amides is 1. The number of nitrogens with one attached hydrogen (secondary N) is 1. The monoisotopic (exact) mass is 419 g/mol. The third-order valence-electron chi connectivity index (χ3n) is 5.21. The van der Waals surface area contributed by atoms with Crippen LogP contribution in [0, 0.1) is 0 Å². The highest BCUT2D eigenvalue weighted by Gasteiger charge is 2.38. The van der Waals surface area contributed by atoms with Crippen LogP contribution < -0.4 is 10.2 Å². The lowest BCUT2D eigenvalue weighted by molar-refractivity contribution is -0.116. The second-order valence-corrected chi connectivity index (χ2v) is 8.79. The van der Waals surface area contributed by atoms with E-state index >= 15 is 0 Å². The van der Waals surface area contributed by atoms with Crippen LogP contribution in [0.25, 0.3) is 0 Å². The predicted molar refractivity (Wildman–Crippen MR) is 105 cm³/mol. The first-order valence-corrected chi connectivity index (χ1v) is 10.5. The van der Waals surface area contributed by atoms with E-state index in [4.69, 9.17) is 4.98 Å². The van der Waals surface area contributed by atoms with Crippen LogP contribution in [0.4, 0.5) is 5.13 Å². The van der Waals surface area contributed by atoms with Crippen molar-refractivity contribution in [2.75, 3.05) is 4.90 Å². The molecule has 0 spiro atoms. The van der Waals surface area contributed by atoms with Gasteiger partial charge in [-0.05, 0) is 49.8 Å². The summed E-state index contributed by atoms with van der Waals surface area (Å²) in [6, 6.07) is 8.99. The van der Waals surface area contributed by atoms with Crippen molar-refractivity contribution in [3.05, 3.63) is 45.4 Å². The van der Waals surface area contributed by atoms with Gasteiger partial charge in [0.25, 0.3) is 0 Å². The Bertz CT molecular complexity index is 765. The zero-order valence-corrected chi connectivity index (χ0v) is 16.7. The van der Waals surface area contributed by atoms with Gasteiger partial charge in [-0.25, -0.2) is 4.98 Å². The van der Waals surface area contributed by atoms with E-state index < -0.39 is 0 Å². The molecule has 0 radical (unpaired) electrons. The maximum atomic E-state index is 11.9. The number of rotatable bonds is 6. The van der Waals surface area contributed by atoms with Crippen LogP contribution in [0.15, 0.2) is 34.1 Å². The molecule has 6 heteroatoms. The lowest BCUT2D eigenvalue weighted by Crippen LogP contribution is -2.47. The Hall–Kier alpha value is -1.24. The van der Waals surface area contributed by atoms with E-state index in [1.54, 1.807) is 18.3 Å². The molecule has 1 aromatic carbocycles. The van der Waals surface area contributed by atoms with Gasteiger partial charge in [0, 0.05) is 34.9 Å². The van der Waals surface area contributed by atoms with E-state index in [1.165, 1.54) is 12.0 Å². The Morgan fingerprint density at radius 3 is 2.64 bits per heavy atom. The van der Waals surface area contributed by atoms with Gasteiger partial charge >= 0.3 is 0 Å². The zero-order chi connectivity index (χ0) is 17.4. The van der Waals surface area contributed by atoms with Crippen LogP contribution in [0.1, 0.15) is 50.3 Å². The smallest absolute Gasteiger partial charge is 0.225 e. The van der Waals surface area contributed by atoms with Gasteiger partial charge in [0.2, 0.25) is 5.91 Å². The van der Waals surface area contributed by atoms with E-state index in [1.807, 2.05) is 4.90 Å². The minimum Gasteiger partial charge on any atom is -0.302 e. The molecule has 0 saturated heterocycles. The van der Waals surface area contributed by atoms with E-state index in [0.29, 0.717) is 6.04 Å². The van der Waals surface area contributed by atoms with Crippen molar-refractivity contribution in [2.24, 2.45) is 0 Å². The Labute approximate surface area is 160 Å². The molecule has 4 rings (SSSR count). The fourth-order valence-corrected chi connectivity index (χ4v) is 4.70. The van der Waals surface area contributed by atoms with Crippen LogP contribution in [0.2, 0.25) is 0 Å². The molecule has 2 aromatic rings. The van der Waals surface area contributed by atoms with Gasteiger partial charge in [0.05, 0.1) is 5.69 Å². The van der Waals surface area contributed by atoms with Crippen molar-refractivity contribution >= 4 is 38.3 Å². The molecule has 0 bridgehead atoms. The summed E-state index contributed by atoms with van der Waals surface area (Å²) >= 11 is 5.09. The first kappa shape index (κ1) is 17.2. The molecular weight excluding hydrogens is 398 g/mol. The summed E-state index contributed by atoms with van der Waals surface area (Å²) in [5, 5.41) is 6.66. The highest BCUT2D eigenvalue weighted by atomic mass is 79.9. The van der Waals surface area contributed by atoms with Crippen molar-refractivity contribution in [2.45, 2.75) is 57.2 Å². The Kier molecular flexibility index (Phi) is 4.69. The number of thiazole rings is 1. The third kappa shape index (κ3) is 3.52. The van der Waals surface area contributed by atoms with E-state index in [2.05, 4.69) is 50.9 Å². The molecule has 0 atom stereocenters. The summed E-state index contributed by atoms with van der Waals surface area (Å²) in [5.74, 6) is 0.0988. The van der Waals surface area contributed by atoms with Gasteiger partial charge in [-0.2, -0.15) is 0 Å². The SMILES string of the molecule is CC(=O)N(c1nc(CNC2(c3ccc(Br)cc3)CCC2)cs1)C1CC1. The molecule has 0 aliphatic heterocycles. The number of anilines is 1. The molecule has 25 heavy (non-hydrogen) atoms. The molecule has 4 nitrogen and oxygen atoms in total. The highest BCUT2D eigenvalue weighted by molar-refractivity contribution is 9.10. The van der Waals surface area contributed by atoms with Gasteiger partial charge in [-0.15, -0.1) is 11.3 Å². The number of nitrogens with zero attached hydrogens (tertiary/aromatic N) is 2. The standard InChI is InChI=1S/C19H22BrN3OS/c1-13(24)23(17-7-8-17)18-22-16(12-25-18)11-21-19(9-2-10-19)14-3-5-15(20)6-4-14/h3-6,12,17,21H,2,7-11H2,1H3. The number of aromatic nitrogens is 1. The second kappa shape index (κ2) is 6.82. The van der Waals surface area contributed by atoms with Crippen LogP contribution in [0.5, 0.6) is 0 Å². The molecule has 0 unspecified atom stereocenters. The first-order chi connectivity index (χ1) is 12.1. The number of carbonyl (C=O) groups is 1. The Balaban J connectivity index is 1.45. The van der Waals surface area contributed by atoms with Crippen molar-refractivity contribution in [3.63, 3.8) is 0 Å². The number of benzene rings is 1. The number of carbonyl (C=O) groups excluding carboxylic acids is 1. The van der Waals surface area contributed by atoms with Crippen LogP contribution in [-0.2, 0) is 16.9 Å². The molecule has 1 heterocycles. The van der Waals surface area contributed by atoms with Crippen LogP contribution >= 0.6 is 27.3 Å². The maximum Gasteiger partial charge on any atom is 0.225 e. The maximum absolute atomic E-state index is 11.9. The number of halogens is 1. The van der Waals surface area contributed by atoms with Gasteiger partial charge in [-0.3, -0.25) is 9.69 Å². The van der Waals surface area contributed by atoms with Gasteiger partial charge in [-0.1, -0.05) is 28.1 Å². The highest BCUT2D eigenvalue weighted by Crippen LogP contribution is 2.42. The molecule has 1 amide bonds. The molecule has 2 saturated carbocycles. The van der Waals surface area contributed by atoms with Gasteiger partial charge < -0.3 is 5.32 Å². The lowest BCUT2D eigenvalue weighted by Gasteiger charge is -2.43. The topological polar surface area (TPSA) is 45.2 Å². The fraction of sp³-hybridized carbons (Fsp3) is 0.474. The summed E-state index contributed by atoms with van der Waals surface area (Å²) in [4.78, 5) is 18.5. The van der Waals surface area contributed by atoms with Crippen LogP contribution in [0.3, 0.4) is 0 Å². The van der Waals surface area contributed by atoms with Gasteiger partial charge in [0.1, 0.15) is 0 Å². The second-order valence-electron chi connectivity index (χ2n) is 7.04. The molecular formula is C19H22BrN3OS. The summed E-state index contributed by atoms with van der Waals surface area (Å²) in [5.41, 5.74) is 2.44. The van der Waals surface area contributed by atoms with Crippen molar-refractivity contribution in [3.8, 4) is 0 Å². The first-order valence-electron chi connectivity index (χ1n) is 8.83. The van der Waals surface area contributed by atoms with E-state index in [-0.39, 0.29) is 11.4 Å². The largest absolute Gasteiger partial charge is 0.302 e. The quantitative estimate of drug-likeness (QED) is 0.744. The Morgan fingerprint density at radius 1 is 1.36 bits per heavy atom. The fourth-order valence-electron chi connectivity index (χ4n) is 3.50. The minimum atomic E-state index is 0.0707. The van der Waals surface area contributed by atoms with Crippen molar-refractivity contribution in [1.29, 1.82) is 0 Å². The minimum absolute atomic E-state index is 0.0707. The molecule has 2 aliphatic carbocycles. The molecule has 132 valence electrons. The predicted octanol–water partition coefficient (Wildman–Crippen LogP) is 4.59. The van der Waals surface area contributed by atoms with E-state index in [0.717, 1.165) is 47.5 Å². The zero-order valence-electron chi connectivity index (χ0n) is 14.3. The summed E-state index contributed by atoms with van der Waals surface area (Å²) < 4.78 is 1.11. The number of hydrogen-bond donors (Lipinski definition) is 1. The number of hydrogen-bond acceptors (Lipinski definition) is 4. The molecule has 1 N–H and O–H groups in total. The van der Waals surface area contributed by atoms with Crippen molar-refractivity contribution < 1.29 is 4.79 Å². The molecule has 2 fully saturated rings. The summed E-state index contributed by atoms with van der Waals surface area (Å²) in [7, 11) is 0. The average Bonchev–Trinajstić information content (AvgIpc) is 3.26. The lowest BCUT2D eigenvalue weighted by atomic mass is 9.72. The summed E-state index contributed by atoms with van der Waals surface area (Å²) in [6.45, 7) is 2.37. The average molecular weight is 420 g/mol. The van der Waals surface area contributed by atoms with Crippen LogP contribution in [-0.4, -0.2) is 16.9 Å². The Morgan fingerprint density at radius 2 is 2.08 bits per heavy atom. The molecule has 2 aliphatic rings. The normalized spacial score (nSPS) is 18.6. The van der Waals surface area contributed by atoms with Crippen molar-refractivity contribution in [1.82, 2.24) is 10.3 Å². The third-order valence-corrected chi connectivity index (χ3v) is 6.63. The summed E-state index contributed by atoms with van der Waals surface area (Å²) in [6.07, 6.45) is 5.77. The molecule has 1 aromatic heterocycles. The van der Waals surface area contributed by atoms with E-state index in [9.17, 15) is 4.79 Å².